The Balaban J connectivity index is 1.96. The van der Waals surface area contributed by atoms with Crippen molar-refractivity contribution in [2.45, 2.75) is 19.5 Å². The van der Waals surface area contributed by atoms with Crippen molar-refractivity contribution < 1.29 is 31.5 Å². The molecule has 1 N–H and O–H groups in total. The lowest BCUT2D eigenvalue weighted by Gasteiger charge is -2.21. The van der Waals surface area contributed by atoms with E-state index in [2.05, 4.69) is 10.3 Å². The number of benzene rings is 1. The van der Waals surface area contributed by atoms with Crippen molar-refractivity contribution in [3.8, 4) is 11.5 Å². The Morgan fingerprint density at radius 3 is 2.33 bits per heavy atom. The van der Waals surface area contributed by atoms with E-state index in [1.165, 1.54) is 18.3 Å². The lowest BCUT2D eigenvalue weighted by Crippen LogP contribution is -2.37. The van der Waals surface area contributed by atoms with Crippen molar-refractivity contribution >= 4 is 11.8 Å². The van der Waals surface area contributed by atoms with Gasteiger partial charge in [0.15, 0.2) is 0 Å². The lowest BCUT2D eigenvalue weighted by atomic mass is 10.3. The number of halogens is 5. The zero-order valence-corrected chi connectivity index (χ0v) is 14.2. The highest BCUT2D eigenvalue weighted by atomic mass is 19.4. The van der Waals surface area contributed by atoms with Crippen LogP contribution >= 0.6 is 0 Å². The highest BCUT2D eigenvalue weighted by molar-refractivity contribution is 5.88. The zero-order valence-electron chi connectivity index (χ0n) is 14.2. The molecule has 2 amide bonds. The van der Waals surface area contributed by atoms with Crippen LogP contribution in [0.3, 0.4) is 0 Å². The Labute approximate surface area is 151 Å². The van der Waals surface area contributed by atoms with Crippen molar-refractivity contribution in [2.24, 2.45) is 0 Å². The van der Waals surface area contributed by atoms with Crippen LogP contribution in [-0.2, 0) is 0 Å². The second kappa shape index (κ2) is 8.65. The first-order chi connectivity index (χ1) is 12.7. The number of rotatable bonds is 6. The molecule has 146 valence electrons. The molecular weight excluding hydrogens is 373 g/mol. The highest BCUT2D eigenvalue weighted by Gasteiger charge is 2.28. The molecule has 5 nitrogen and oxygen atoms in total. The number of urea groups is 1. The van der Waals surface area contributed by atoms with Crippen LogP contribution in [0, 0.1) is 11.6 Å². The Bertz CT molecular complexity index is 761. The number of ether oxygens (including phenoxy) is 1. The van der Waals surface area contributed by atoms with Crippen LogP contribution in [0.5, 0.6) is 11.5 Å². The maximum atomic E-state index is 13.1. The number of carbonyl (C=O) groups excluding carboxylic acids is 1. The van der Waals surface area contributed by atoms with Crippen molar-refractivity contribution in [3.63, 3.8) is 0 Å². The topological polar surface area (TPSA) is 54.5 Å². The van der Waals surface area contributed by atoms with Gasteiger partial charge in [0.2, 0.25) is 0 Å². The fourth-order valence-corrected chi connectivity index (χ4v) is 2.09. The predicted octanol–water partition coefficient (Wildman–Crippen LogP) is 4.96. The first-order valence-corrected chi connectivity index (χ1v) is 7.89. The maximum absolute atomic E-state index is 13.1. The van der Waals surface area contributed by atoms with Gasteiger partial charge in [0.25, 0.3) is 0 Å². The van der Waals surface area contributed by atoms with Gasteiger partial charge in [-0.05, 0) is 19.1 Å². The first kappa shape index (κ1) is 20.4. The van der Waals surface area contributed by atoms with Crippen LogP contribution in [0.15, 0.2) is 36.5 Å². The van der Waals surface area contributed by atoms with E-state index >= 15 is 0 Å². The number of carbonyl (C=O) groups is 1. The molecule has 0 saturated heterocycles. The van der Waals surface area contributed by atoms with Crippen LogP contribution in [0.2, 0.25) is 0 Å². The summed E-state index contributed by atoms with van der Waals surface area (Å²) >= 11 is 0. The minimum absolute atomic E-state index is 0.0737. The molecular formula is C17H16F5N3O2. The van der Waals surface area contributed by atoms with E-state index in [1.54, 1.807) is 6.92 Å². The monoisotopic (exact) mass is 389 g/mol. The zero-order chi connectivity index (χ0) is 20.0. The number of hydrogen-bond acceptors (Lipinski definition) is 3. The van der Waals surface area contributed by atoms with Crippen LogP contribution in [0.1, 0.15) is 13.3 Å². The summed E-state index contributed by atoms with van der Waals surface area (Å²) in [5, 5.41) is 2.37. The van der Waals surface area contributed by atoms with E-state index < -0.39 is 36.8 Å². The van der Waals surface area contributed by atoms with Gasteiger partial charge in [0.1, 0.15) is 29.0 Å². The molecule has 2 rings (SSSR count). The molecule has 0 unspecified atom stereocenters. The lowest BCUT2D eigenvalue weighted by molar-refractivity contribution is -0.136. The van der Waals surface area contributed by atoms with E-state index in [0.29, 0.717) is 6.07 Å². The largest absolute Gasteiger partial charge is 0.456 e. The molecule has 0 aliphatic heterocycles. The van der Waals surface area contributed by atoms with E-state index in [9.17, 15) is 26.7 Å². The van der Waals surface area contributed by atoms with E-state index in [-0.39, 0.29) is 23.9 Å². The quantitative estimate of drug-likeness (QED) is 0.711. The van der Waals surface area contributed by atoms with Gasteiger partial charge < -0.3 is 9.64 Å². The number of anilines is 1. The summed E-state index contributed by atoms with van der Waals surface area (Å²) in [5.74, 6) is -1.44. The van der Waals surface area contributed by atoms with Crippen LogP contribution in [0.4, 0.5) is 32.6 Å². The Kier molecular flexibility index (Phi) is 6.54. The molecule has 0 atom stereocenters. The summed E-state index contributed by atoms with van der Waals surface area (Å²) in [6.07, 6.45) is -4.27. The molecule has 2 aromatic rings. The Morgan fingerprint density at radius 2 is 1.81 bits per heavy atom. The molecule has 0 fully saturated rings. The van der Waals surface area contributed by atoms with Crippen LogP contribution in [-0.4, -0.2) is 35.2 Å². The van der Waals surface area contributed by atoms with Crippen molar-refractivity contribution in [1.29, 1.82) is 0 Å². The SMILES string of the molecule is CCN(CCC(F)(F)F)C(=O)Nc1ccc(Oc2cc(F)cc(F)c2)cn1. The summed E-state index contributed by atoms with van der Waals surface area (Å²) in [6.45, 7) is 1.17. The van der Waals surface area contributed by atoms with E-state index in [1.807, 2.05) is 0 Å². The summed E-state index contributed by atoms with van der Waals surface area (Å²) < 4.78 is 68.4. The van der Waals surface area contributed by atoms with E-state index in [0.717, 1.165) is 17.0 Å². The second-order valence-corrected chi connectivity index (χ2v) is 5.46. The maximum Gasteiger partial charge on any atom is 0.390 e. The van der Waals surface area contributed by atoms with Gasteiger partial charge in [0.05, 0.1) is 12.6 Å². The molecule has 27 heavy (non-hydrogen) atoms. The number of alkyl halides is 3. The Hall–Kier alpha value is -2.91. The standard InChI is InChI=1S/C17H16F5N3O2/c1-2-25(6-5-17(20,21)22)16(26)24-15-4-3-13(10-23-15)27-14-8-11(18)7-12(19)9-14/h3-4,7-10H,2,5-6H2,1H3,(H,23,24,26). The molecule has 0 aliphatic rings. The van der Waals surface area contributed by atoms with Gasteiger partial charge in [-0.2, -0.15) is 13.2 Å². The molecule has 0 aliphatic carbocycles. The number of amides is 2. The molecule has 1 heterocycles. The fraction of sp³-hybridized carbons (Fsp3) is 0.294. The predicted molar refractivity (Wildman–Crippen MR) is 87.6 cm³/mol. The summed E-state index contributed by atoms with van der Waals surface area (Å²) in [5.41, 5.74) is 0. The van der Waals surface area contributed by atoms with Gasteiger partial charge in [-0.15, -0.1) is 0 Å². The minimum atomic E-state index is -4.36. The molecule has 0 spiro atoms. The average molecular weight is 389 g/mol. The van der Waals surface area contributed by atoms with E-state index in [4.69, 9.17) is 4.74 Å². The second-order valence-electron chi connectivity index (χ2n) is 5.46. The van der Waals surface area contributed by atoms with Gasteiger partial charge in [-0.25, -0.2) is 18.6 Å². The first-order valence-electron chi connectivity index (χ1n) is 7.89. The van der Waals surface area contributed by atoms with Crippen LogP contribution in [0.25, 0.3) is 0 Å². The number of nitrogens with zero attached hydrogens (tertiary/aromatic N) is 2. The number of pyridine rings is 1. The summed E-state index contributed by atoms with van der Waals surface area (Å²) in [7, 11) is 0. The summed E-state index contributed by atoms with van der Waals surface area (Å²) in [4.78, 5) is 16.9. The molecule has 1 aromatic heterocycles. The average Bonchev–Trinajstić information content (AvgIpc) is 2.55. The number of hydrogen-bond donors (Lipinski definition) is 1. The third-order valence-corrected chi connectivity index (χ3v) is 3.38. The summed E-state index contributed by atoms with van der Waals surface area (Å²) in [6, 6.07) is 4.67. The van der Waals surface area contributed by atoms with Crippen LogP contribution < -0.4 is 10.1 Å². The fourth-order valence-electron chi connectivity index (χ4n) is 2.09. The molecule has 0 saturated carbocycles. The minimum Gasteiger partial charge on any atom is -0.456 e. The number of aromatic nitrogens is 1. The Morgan fingerprint density at radius 1 is 1.15 bits per heavy atom. The van der Waals surface area contributed by atoms with Crippen molar-refractivity contribution in [3.05, 3.63) is 48.2 Å². The van der Waals surface area contributed by atoms with Gasteiger partial charge in [0, 0.05) is 31.3 Å². The molecule has 0 bridgehead atoms. The third kappa shape index (κ3) is 6.72. The molecule has 1 aromatic carbocycles. The molecule has 10 heteroatoms. The molecule has 0 radical (unpaired) electrons. The van der Waals surface area contributed by atoms with Crippen molar-refractivity contribution in [2.75, 3.05) is 18.4 Å². The normalized spacial score (nSPS) is 11.2. The van der Waals surface area contributed by atoms with Gasteiger partial charge in [-0.3, -0.25) is 5.32 Å². The van der Waals surface area contributed by atoms with Crippen molar-refractivity contribution in [1.82, 2.24) is 9.88 Å². The highest BCUT2D eigenvalue weighted by Crippen LogP contribution is 2.24. The number of nitrogens with one attached hydrogen (secondary N) is 1. The smallest absolute Gasteiger partial charge is 0.390 e. The third-order valence-electron chi connectivity index (χ3n) is 3.38. The van der Waals surface area contributed by atoms with Gasteiger partial charge in [-0.1, -0.05) is 0 Å². The van der Waals surface area contributed by atoms with Gasteiger partial charge >= 0.3 is 12.2 Å².